The first-order valence-electron chi connectivity index (χ1n) is 6.89. The molecule has 2 aromatic rings. The fourth-order valence-electron chi connectivity index (χ4n) is 1.86. The summed E-state index contributed by atoms with van der Waals surface area (Å²) >= 11 is 0. The van der Waals surface area contributed by atoms with Crippen LogP contribution in [0.2, 0.25) is 0 Å². The van der Waals surface area contributed by atoms with Crippen LogP contribution in [0.25, 0.3) is 5.69 Å². The predicted molar refractivity (Wildman–Crippen MR) is 77.8 cm³/mol. The molecule has 5 heteroatoms. The largest absolute Gasteiger partial charge is 0.394 e. The van der Waals surface area contributed by atoms with Crippen molar-refractivity contribution in [3.63, 3.8) is 0 Å². The lowest BCUT2D eigenvalue weighted by atomic mass is 10.3. The van der Waals surface area contributed by atoms with Gasteiger partial charge in [0.1, 0.15) is 0 Å². The normalized spacial score (nSPS) is 10.8. The van der Waals surface area contributed by atoms with Gasteiger partial charge in [0, 0.05) is 19.3 Å². The van der Waals surface area contributed by atoms with Crippen LogP contribution >= 0.6 is 0 Å². The Balaban J connectivity index is 1.69. The molecule has 0 amide bonds. The van der Waals surface area contributed by atoms with Gasteiger partial charge in [-0.15, -0.1) is 0 Å². The van der Waals surface area contributed by atoms with E-state index < -0.39 is 0 Å². The molecule has 0 radical (unpaired) electrons. The molecule has 0 aliphatic carbocycles. The number of aliphatic hydroxyl groups is 1. The highest BCUT2D eigenvalue weighted by atomic mass is 16.5. The van der Waals surface area contributed by atoms with Gasteiger partial charge < -0.3 is 15.2 Å². The highest BCUT2D eigenvalue weighted by molar-refractivity contribution is 5.30. The first-order chi connectivity index (χ1) is 9.90. The number of nitrogens with one attached hydrogen (secondary N) is 1. The zero-order chi connectivity index (χ0) is 14.0. The van der Waals surface area contributed by atoms with E-state index >= 15 is 0 Å². The van der Waals surface area contributed by atoms with Gasteiger partial charge in [0.15, 0.2) is 0 Å². The van der Waals surface area contributed by atoms with Crippen molar-refractivity contribution in [3.05, 3.63) is 48.3 Å². The van der Waals surface area contributed by atoms with Crippen molar-refractivity contribution in [2.24, 2.45) is 0 Å². The van der Waals surface area contributed by atoms with Crippen molar-refractivity contribution in [1.82, 2.24) is 15.1 Å². The molecule has 0 atom stereocenters. The minimum atomic E-state index is 0.0876. The van der Waals surface area contributed by atoms with E-state index in [4.69, 9.17) is 9.84 Å². The second kappa shape index (κ2) is 8.47. The van der Waals surface area contributed by atoms with E-state index in [-0.39, 0.29) is 6.61 Å². The summed E-state index contributed by atoms with van der Waals surface area (Å²) in [6.07, 6.45) is 2.90. The SMILES string of the molecule is OCCOCCCNCc1ccn(-c2ccccc2)n1. The van der Waals surface area contributed by atoms with Gasteiger partial charge in [0.25, 0.3) is 0 Å². The van der Waals surface area contributed by atoms with E-state index in [0.29, 0.717) is 13.2 Å². The summed E-state index contributed by atoms with van der Waals surface area (Å²) in [7, 11) is 0. The molecule has 0 saturated heterocycles. The van der Waals surface area contributed by atoms with Crippen LogP contribution in [0.5, 0.6) is 0 Å². The minimum absolute atomic E-state index is 0.0876. The first-order valence-corrected chi connectivity index (χ1v) is 6.89. The smallest absolute Gasteiger partial charge is 0.0766 e. The number of nitrogens with zero attached hydrogens (tertiary/aromatic N) is 2. The molecule has 0 aliphatic heterocycles. The fourth-order valence-corrected chi connectivity index (χ4v) is 1.86. The van der Waals surface area contributed by atoms with Crippen LogP contribution < -0.4 is 5.32 Å². The van der Waals surface area contributed by atoms with Crippen LogP contribution in [-0.2, 0) is 11.3 Å². The molecule has 1 heterocycles. The average molecular weight is 275 g/mol. The number of para-hydroxylation sites is 1. The Morgan fingerprint density at radius 1 is 1.15 bits per heavy atom. The van der Waals surface area contributed by atoms with Gasteiger partial charge in [-0.1, -0.05) is 18.2 Å². The number of benzene rings is 1. The van der Waals surface area contributed by atoms with Gasteiger partial charge in [-0.3, -0.25) is 0 Å². The maximum atomic E-state index is 8.56. The van der Waals surface area contributed by atoms with Gasteiger partial charge >= 0.3 is 0 Å². The molecule has 0 bridgehead atoms. The molecular formula is C15H21N3O2. The first kappa shape index (κ1) is 14.7. The molecule has 108 valence electrons. The van der Waals surface area contributed by atoms with Crippen LogP contribution in [0.3, 0.4) is 0 Å². The average Bonchev–Trinajstić information content (AvgIpc) is 2.96. The third-order valence-electron chi connectivity index (χ3n) is 2.85. The van der Waals surface area contributed by atoms with Gasteiger partial charge in [-0.2, -0.15) is 5.10 Å². The Hall–Kier alpha value is -1.69. The monoisotopic (exact) mass is 275 g/mol. The predicted octanol–water partition coefficient (Wildman–Crippen LogP) is 1.36. The quantitative estimate of drug-likeness (QED) is 0.678. The molecule has 0 unspecified atom stereocenters. The number of hydrogen-bond donors (Lipinski definition) is 2. The van der Waals surface area contributed by atoms with E-state index in [1.807, 2.05) is 47.3 Å². The lowest BCUT2D eigenvalue weighted by Crippen LogP contribution is -2.17. The molecule has 1 aromatic heterocycles. The number of hydrogen-bond acceptors (Lipinski definition) is 4. The number of rotatable bonds is 9. The van der Waals surface area contributed by atoms with Gasteiger partial charge in [0.2, 0.25) is 0 Å². The lowest BCUT2D eigenvalue weighted by molar-refractivity contribution is 0.0907. The van der Waals surface area contributed by atoms with Gasteiger partial charge in [-0.05, 0) is 31.2 Å². The zero-order valence-electron chi connectivity index (χ0n) is 11.5. The van der Waals surface area contributed by atoms with Crippen molar-refractivity contribution >= 4 is 0 Å². The van der Waals surface area contributed by atoms with Crippen LogP contribution in [0, 0.1) is 0 Å². The molecular weight excluding hydrogens is 254 g/mol. The highest BCUT2D eigenvalue weighted by Crippen LogP contribution is 2.06. The molecule has 5 nitrogen and oxygen atoms in total. The molecule has 1 aromatic carbocycles. The summed E-state index contributed by atoms with van der Waals surface area (Å²) in [4.78, 5) is 0. The topological polar surface area (TPSA) is 59.3 Å². The van der Waals surface area contributed by atoms with E-state index in [1.54, 1.807) is 0 Å². The molecule has 0 saturated carbocycles. The Bertz CT molecular complexity index is 485. The number of aromatic nitrogens is 2. The van der Waals surface area contributed by atoms with Crippen LogP contribution in [0.15, 0.2) is 42.6 Å². The van der Waals surface area contributed by atoms with Gasteiger partial charge in [0.05, 0.1) is 24.6 Å². The van der Waals surface area contributed by atoms with E-state index in [0.717, 1.165) is 30.9 Å². The standard InChI is InChI=1S/C15H21N3O2/c19-10-12-20-11-4-8-16-13-14-7-9-18(17-14)15-5-2-1-3-6-15/h1-3,5-7,9,16,19H,4,8,10-13H2. The van der Waals surface area contributed by atoms with Gasteiger partial charge in [-0.25, -0.2) is 4.68 Å². The molecule has 2 N–H and O–H groups in total. The summed E-state index contributed by atoms with van der Waals surface area (Å²) in [5.41, 5.74) is 2.08. The molecule has 0 spiro atoms. The zero-order valence-corrected chi connectivity index (χ0v) is 11.5. The summed E-state index contributed by atoms with van der Waals surface area (Å²) in [5.74, 6) is 0. The van der Waals surface area contributed by atoms with E-state index in [9.17, 15) is 0 Å². The second-order valence-corrected chi connectivity index (χ2v) is 4.45. The molecule has 0 fully saturated rings. The third-order valence-corrected chi connectivity index (χ3v) is 2.85. The summed E-state index contributed by atoms with van der Waals surface area (Å²) < 4.78 is 7.06. The Morgan fingerprint density at radius 3 is 2.80 bits per heavy atom. The Labute approximate surface area is 119 Å². The van der Waals surface area contributed by atoms with Crippen LogP contribution in [0.4, 0.5) is 0 Å². The van der Waals surface area contributed by atoms with Crippen molar-refractivity contribution in [3.8, 4) is 5.69 Å². The molecule has 20 heavy (non-hydrogen) atoms. The maximum Gasteiger partial charge on any atom is 0.0766 e. The fraction of sp³-hybridized carbons (Fsp3) is 0.400. The highest BCUT2D eigenvalue weighted by Gasteiger charge is 2.00. The van der Waals surface area contributed by atoms with Crippen molar-refractivity contribution in [2.45, 2.75) is 13.0 Å². The van der Waals surface area contributed by atoms with E-state index in [2.05, 4.69) is 10.4 Å². The molecule has 0 aliphatic rings. The second-order valence-electron chi connectivity index (χ2n) is 4.45. The molecule has 2 rings (SSSR count). The van der Waals surface area contributed by atoms with Crippen molar-refractivity contribution in [1.29, 1.82) is 0 Å². The maximum absolute atomic E-state index is 8.56. The van der Waals surface area contributed by atoms with Crippen LogP contribution in [-0.4, -0.2) is 41.3 Å². The van der Waals surface area contributed by atoms with Crippen molar-refractivity contribution in [2.75, 3.05) is 26.4 Å². The summed E-state index contributed by atoms with van der Waals surface area (Å²) in [6, 6.07) is 12.1. The van der Waals surface area contributed by atoms with Crippen molar-refractivity contribution < 1.29 is 9.84 Å². The summed E-state index contributed by atoms with van der Waals surface area (Å²) in [5, 5.41) is 16.4. The minimum Gasteiger partial charge on any atom is -0.394 e. The summed E-state index contributed by atoms with van der Waals surface area (Å²) in [6.45, 7) is 2.81. The Morgan fingerprint density at radius 2 is 2.00 bits per heavy atom. The van der Waals surface area contributed by atoms with Crippen LogP contribution in [0.1, 0.15) is 12.1 Å². The number of aliphatic hydroxyl groups excluding tert-OH is 1. The number of ether oxygens (including phenoxy) is 1. The third kappa shape index (κ3) is 4.77. The van der Waals surface area contributed by atoms with E-state index in [1.165, 1.54) is 0 Å². The Kier molecular flexibility index (Phi) is 6.23. The lowest BCUT2D eigenvalue weighted by Gasteiger charge is -2.04.